The van der Waals surface area contributed by atoms with Gasteiger partial charge in [-0.3, -0.25) is 4.98 Å². The second-order valence-electron chi connectivity index (χ2n) is 5.33. The van der Waals surface area contributed by atoms with Crippen molar-refractivity contribution >= 4 is 11.5 Å². The standard InChI is InChI=1S/C18H17FN4/c1-12-2-7-17(18(20)23-12)22-10-13-8-15(11-21-9-13)14-3-5-16(19)6-4-14/h2-9,11,22H,10H2,1H3,(H2,20,23). The number of aryl methyl sites for hydroxylation is 1. The molecule has 3 rings (SSSR count). The van der Waals surface area contributed by atoms with Crippen molar-refractivity contribution in [1.29, 1.82) is 0 Å². The predicted octanol–water partition coefficient (Wildman–Crippen LogP) is 3.79. The molecule has 0 atom stereocenters. The van der Waals surface area contributed by atoms with E-state index in [0.717, 1.165) is 28.1 Å². The van der Waals surface area contributed by atoms with Crippen LogP contribution in [0.4, 0.5) is 15.9 Å². The number of benzene rings is 1. The van der Waals surface area contributed by atoms with Crippen LogP contribution in [0.15, 0.2) is 54.9 Å². The van der Waals surface area contributed by atoms with Crippen molar-refractivity contribution in [3.05, 3.63) is 71.9 Å². The summed E-state index contributed by atoms with van der Waals surface area (Å²) in [6.07, 6.45) is 3.55. The van der Waals surface area contributed by atoms with E-state index in [1.54, 1.807) is 24.5 Å². The van der Waals surface area contributed by atoms with Gasteiger partial charge in [0.25, 0.3) is 0 Å². The Balaban J connectivity index is 1.76. The van der Waals surface area contributed by atoms with Gasteiger partial charge in [-0.05, 0) is 48.4 Å². The van der Waals surface area contributed by atoms with Crippen LogP contribution in [0.2, 0.25) is 0 Å². The molecular weight excluding hydrogens is 291 g/mol. The van der Waals surface area contributed by atoms with Gasteiger partial charge >= 0.3 is 0 Å². The van der Waals surface area contributed by atoms with Gasteiger partial charge in [0.15, 0.2) is 0 Å². The van der Waals surface area contributed by atoms with Crippen molar-refractivity contribution in [3.63, 3.8) is 0 Å². The second-order valence-corrected chi connectivity index (χ2v) is 5.33. The largest absolute Gasteiger partial charge is 0.382 e. The van der Waals surface area contributed by atoms with E-state index in [-0.39, 0.29) is 5.82 Å². The molecule has 2 heterocycles. The third-order valence-corrected chi connectivity index (χ3v) is 3.52. The Morgan fingerprint density at radius 3 is 2.57 bits per heavy atom. The number of anilines is 2. The first-order valence-electron chi connectivity index (χ1n) is 7.29. The highest BCUT2D eigenvalue weighted by molar-refractivity contribution is 5.64. The van der Waals surface area contributed by atoms with Crippen LogP contribution in [0.5, 0.6) is 0 Å². The van der Waals surface area contributed by atoms with E-state index in [1.807, 2.05) is 25.1 Å². The van der Waals surface area contributed by atoms with Crippen LogP contribution in [-0.2, 0) is 6.54 Å². The number of nitrogens with two attached hydrogens (primary N) is 1. The Morgan fingerprint density at radius 2 is 1.83 bits per heavy atom. The zero-order valence-corrected chi connectivity index (χ0v) is 12.8. The molecule has 23 heavy (non-hydrogen) atoms. The summed E-state index contributed by atoms with van der Waals surface area (Å²) in [5.41, 5.74) is 10.5. The molecule has 116 valence electrons. The number of nitrogen functional groups attached to an aromatic ring is 1. The van der Waals surface area contributed by atoms with Crippen LogP contribution in [-0.4, -0.2) is 9.97 Å². The molecule has 0 saturated heterocycles. The quantitative estimate of drug-likeness (QED) is 0.770. The molecule has 0 spiro atoms. The molecule has 0 bridgehead atoms. The first kappa shape index (κ1) is 15.0. The van der Waals surface area contributed by atoms with E-state index in [9.17, 15) is 4.39 Å². The predicted molar refractivity (Wildman–Crippen MR) is 90.3 cm³/mol. The van der Waals surface area contributed by atoms with Crippen molar-refractivity contribution < 1.29 is 4.39 Å². The molecule has 0 aliphatic rings. The van der Waals surface area contributed by atoms with Gasteiger partial charge in [-0.25, -0.2) is 9.37 Å². The third kappa shape index (κ3) is 3.63. The molecule has 0 radical (unpaired) electrons. The molecule has 5 heteroatoms. The van der Waals surface area contributed by atoms with Gasteiger partial charge in [0.1, 0.15) is 11.6 Å². The minimum Gasteiger partial charge on any atom is -0.382 e. The highest BCUT2D eigenvalue weighted by Gasteiger charge is 2.03. The van der Waals surface area contributed by atoms with Crippen LogP contribution in [0.3, 0.4) is 0 Å². The van der Waals surface area contributed by atoms with E-state index >= 15 is 0 Å². The van der Waals surface area contributed by atoms with Gasteiger partial charge < -0.3 is 11.1 Å². The van der Waals surface area contributed by atoms with Crippen LogP contribution in [0, 0.1) is 12.7 Å². The number of hydrogen-bond acceptors (Lipinski definition) is 4. The molecule has 4 nitrogen and oxygen atoms in total. The maximum atomic E-state index is 13.0. The SMILES string of the molecule is Cc1ccc(NCc2cncc(-c3ccc(F)cc3)c2)c(N)n1. The monoisotopic (exact) mass is 308 g/mol. The molecular formula is C18H17FN4. The lowest BCUT2D eigenvalue weighted by Crippen LogP contribution is -2.04. The molecule has 0 saturated carbocycles. The molecule has 0 aliphatic carbocycles. The lowest BCUT2D eigenvalue weighted by atomic mass is 10.1. The Morgan fingerprint density at radius 1 is 1.04 bits per heavy atom. The highest BCUT2D eigenvalue weighted by Crippen LogP contribution is 2.21. The lowest BCUT2D eigenvalue weighted by molar-refractivity contribution is 0.628. The van der Waals surface area contributed by atoms with Gasteiger partial charge in [0.05, 0.1) is 5.69 Å². The summed E-state index contributed by atoms with van der Waals surface area (Å²) in [6, 6.07) is 12.2. The van der Waals surface area contributed by atoms with Gasteiger partial charge in [0, 0.05) is 30.2 Å². The maximum Gasteiger partial charge on any atom is 0.147 e. The second kappa shape index (κ2) is 6.44. The number of aromatic nitrogens is 2. The number of rotatable bonds is 4. The maximum absolute atomic E-state index is 13.0. The molecule has 2 aromatic heterocycles. The van der Waals surface area contributed by atoms with Crippen molar-refractivity contribution in [1.82, 2.24) is 9.97 Å². The first-order valence-corrected chi connectivity index (χ1v) is 7.29. The molecule has 3 N–H and O–H groups in total. The van der Waals surface area contributed by atoms with Gasteiger partial charge in [0.2, 0.25) is 0 Å². The number of hydrogen-bond donors (Lipinski definition) is 2. The summed E-state index contributed by atoms with van der Waals surface area (Å²) in [4.78, 5) is 8.48. The average Bonchev–Trinajstić information content (AvgIpc) is 2.55. The molecule has 0 aliphatic heterocycles. The van der Waals surface area contributed by atoms with Crippen molar-refractivity contribution in [2.24, 2.45) is 0 Å². The summed E-state index contributed by atoms with van der Waals surface area (Å²) in [5.74, 6) is 0.231. The summed E-state index contributed by atoms with van der Waals surface area (Å²) >= 11 is 0. The van der Waals surface area contributed by atoms with Crippen molar-refractivity contribution in [3.8, 4) is 11.1 Å². The smallest absolute Gasteiger partial charge is 0.147 e. The Kier molecular flexibility index (Phi) is 4.19. The zero-order valence-electron chi connectivity index (χ0n) is 12.8. The van der Waals surface area contributed by atoms with E-state index in [0.29, 0.717) is 12.4 Å². The van der Waals surface area contributed by atoms with Crippen LogP contribution >= 0.6 is 0 Å². The van der Waals surface area contributed by atoms with E-state index < -0.39 is 0 Å². The average molecular weight is 308 g/mol. The van der Waals surface area contributed by atoms with Crippen LogP contribution < -0.4 is 11.1 Å². The normalized spacial score (nSPS) is 10.5. The van der Waals surface area contributed by atoms with E-state index in [4.69, 9.17) is 5.73 Å². The van der Waals surface area contributed by atoms with E-state index in [1.165, 1.54) is 12.1 Å². The fourth-order valence-electron chi connectivity index (χ4n) is 2.31. The van der Waals surface area contributed by atoms with Gasteiger partial charge in [-0.2, -0.15) is 0 Å². The molecule has 0 unspecified atom stereocenters. The first-order chi connectivity index (χ1) is 11.1. The Bertz CT molecular complexity index is 816. The van der Waals surface area contributed by atoms with Crippen molar-refractivity contribution in [2.75, 3.05) is 11.1 Å². The third-order valence-electron chi connectivity index (χ3n) is 3.52. The van der Waals surface area contributed by atoms with Crippen molar-refractivity contribution in [2.45, 2.75) is 13.5 Å². The van der Waals surface area contributed by atoms with Gasteiger partial charge in [-0.15, -0.1) is 0 Å². The van der Waals surface area contributed by atoms with Crippen LogP contribution in [0.25, 0.3) is 11.1 Å². The summed E-state index contributed by atoms with van der Waals surface area (Å²) < 4.78 is 13.0. The summed E-state index contributed by atoms with van der Waals surface area (Å²) in [6.45, 7) is 2.48. The fourth-order valence-corrected chi connectivity index (χ4v) is 2.31. The molecule has 0 fully saturated rings. The Hall–Kier alpha value is -2.95. The molecule has 0 amide bonds. The number of nitrogens with one attached hydrogen (secondary N) is 1. The summed E-state index contributed by atoms with van der Waals surface area (Å²) in [5, 5.41) is 3.26. The fraction of sp³-hybridized carbons (Fsp3) is 0.111. The Labute approximate surface area is 134 Å². The van der Waals surface area contributed by atoms with Gasteiger partial charge in [-0.1, -0.05) is 12.1 Å². The summed E-state index contributed by atoms with van der Waals surface area (Å²) in [7, 11) is 0. The van der Waals surface area contributed by atoms with Crippen LogP contribution in [0.1, 0.15) is 11.3 Å². The highest BCUT2D eigenvalue weighted by atomic mass is 19.1. The lowest BCUT2D eigenvalue weighted by Gasteiger charge is -2.10. The topological polar surface area (TPSA) is 63.8 Å². The molecule has 1 aromatic carbocycles. The minimum atomic E-state index is -0.248. The zero-order chi connectivity index (χ0) is 16.2. The van der Waals surface area contributed by atoms with E-state index in [2.05, 4.69) is 15.3 Å². The number of pyridine rings is 2. The minimum absolute atomic E-state index is 0.248. The molecule has 3 aromatic rings. The number of nitrogens with zero attached hydrogens (tertiary/aromatic N) is 2. The number of halogens is 1.